The summed E-state index contributed by atoms with van der Waals surface area (Å²) in [6.07, 6.45) is -0.135. The maximum Gasteiger partial charge on any atom is 0.418 e. The lowest BCUT2D eigenvalue weighted by molar-refractivity contribution is -0.0923. The lowest BCUT2D eigenvalue weighted by Gasteiger charge is -2.34. The van der Waals surface area contributed by atoms with Crippen molar-refractivity contribution in [3.8, 4) is 0 Å². The van der Waals surface area contributed by atoms with Crippen LogP contribution in [0.15, 0.2) is 65.9 Å². The quantitative estimate of drug-likeness (QED) is 0.429. The highest BCUT2D eigenvalue weighted by Crippen LogP contribution is 2.47. The molecule has 3 atom stereocenters. The van der Waals surface area contributed by atoms with E-state index in [1.807, 2.05) is 54.3 Å². The van der Waals surface area contributed by atoms with Crippen LogP contribution in [-0.2, 0) is 0 Å². The number of aromatic nitrogens is 2. The molecule has 1 unspecified atom stereocenters. The third kappa shape index (κ3) is 3.95. The van der Waals surface area contributed by atoms with Crippen LogP contribution in [0.1, 0.15) is 48.7 Å². The first-order valence-electron chi connectivity index (χ1n) is 11.2. The van der Waals surface area contributed by atoms with Gasteiger partial charge in [0.05, 0.1) is 22.6 Å². The average Bonchev–Trinajstić information content (AvgIpc) is 3.39. The Morgan fingerprint density at radius 1 is 1.12 bits per heavy atom. The van der Waals surface area contributed by atoms with Crippen molar-refractivity contribution >= 4 is 22.6 Å². The second kappa shape index (κ2) is 8.24. The van der Waals surface area contributed by atoms with Crippen molar-refractivity contribution in [3.05, 3.63) is 87.9 Å². The highest BCUT2D eigenvalue weighted by Gasteiger charge is 2.44. The van der Waals surface area contributed by atoms with Gasteiger partial charge in [-0.15, -0.1) is 0 Å². The molecule has 33 heavy (non-hydrogen) atoms. The Balaban J connectivity index is 1.59. The van der Waals surface area contributed by atoms with Gasteiger partial charge in [0.25, 0.3) is 0 Å². The summed E-state index contributed by atoms with van der Waals surface area (Å²) in [5, 5.41) is 0.625. The number of aromatic amines is 1. The van der Waals surface area contributed by atoms with Crippen molar-refractivity contribution in [2.45, 2.75) is 44.8 Å². The molecule has 1 N–H and O–H groups in total. The number of H-pyrrole nitrogens is 1. The molecular weight excluding hydrogens is 447 g/mol. The number of halogens is 4. The topological polar surface area (TPSA) is 31.9 Å². The van der Waals surface area contributed by atoms with Crippen LogP contribution >= 0.6 is 11.6 Å². The molecule has 0 radical (unpaired) electrons. The molecular formula is C26H25ClF3N3. The third-order valence-electron chi connectivity index (χ3n) is 6.89. The first kappa shape index (κ1) is 22.1. The number of rotatable bonds is 3. The molecule has 0 spiro atoms. The SMILES string of the molecule is Cc1c(Cl)ccc2[nH]c([C@@H]3[C@@H](C)CCN3C3=CC(c4ccccc4)CC=C3C(F)(F)F)nc12. The van der Waals surface area contributed by atoms with E-state index in [0.717, 1.165) is 28.6 Å². The predicted molar refractivity (Wildman–Crippen MR) is 125 cm³/mol. The third-order valence-corrected chi connectivity index (χ3v) is 7.30. The number of fused-ring (bicyclic) bond motifs is 1. The first-order chi connectivity index (χ1) is 15.7. The number of aryl methyl sites for hydroxylation is 1. The fourth-order valence-electron chi connectivity index (χ4n) is 5.12. The molecule has 172 valence electrons. The lowest BCUT2D eigenvalue weighted by atomic mass is 9.87. The Labute approximate surface area is 196 Å². The van der Waals surface area contributed by atoms with Gasteiger partial charge in [-0.25, -0.2) is 4.98 Å². The summed E-state index contributed by atoms with van der Waals surface area (Å²) in [4.78, 5) is 10.1. The zero-order chi connectivity index (χ0) is 23.3. The van der Waals surface area contributed by atoms with Gasteiger partial charge in [-0.3, -0.25) is 0 Å². The number of hydrogen-bond donors (Lipinski definition) is 1. The molecule has 3 nitrogen and oxygen atoms in total. The van der Waals surface area contributed by atoms with Crippen LogP contribution in [0.5, 0.6) is 0 Å². The summed E-state index contributed by atoms with van der Waals surface area (Å²) in [6, 6.07) is 13.1. The van der Waals surface area contributed by atoms with Crippen LogP contribution < -0.4 is 0 Å². The monoisotopic (exact) mass is 471 g/mol. The van der Waals surface area contributed by atoms with Gasteiger partial charge in [-0.05, 0) is 48.9 Å². The second-order valence-electron chi connectivity index (χ2n) is 9.02. The maximum absolute atomic E-state index is 14.1. The molecule has 2 heterocycles. The van der Waals surface area contributed by atoms with Gasteiger partial charge >= 0.3 is 6.18 Å². The number of nitrogens with one attached hydrogen (secondary N) is 1. The number of alkyl halides is 3. The standard InChI is InChI=1S/C26H25ClF3N3/c1-15-12-13-33(24(15)25-31-21-11-10-20(27)16(2)23(21)32-25)22-14-18(17-6-4-3-5-7-17)8-9-19(22)26(28,29)30/h3-7,9-11,14-15,18,24H,8,12-13H2,1-2H3,(H,31,32)/t15-,18?,24-/m0/s1. The van der Waals surface area contributed by atoms with Gasteiger partial charge in [0.15, 0.2) is 0 Å². The first-order valence-corrected chi connectivity index (χ1v) is 11.6. The van der Waals surface area contributed by atoms with Crippen LogP contribution in [-0.4, -0.2) is 27.6 Å². The maximum atomic E-state index is 14.1. The normalized spacial score (nSPS) is 23.7. The minimum absolute atomic E-state index is 0.0967. The number of benzene rings is 2. The molecule has 3 aromatic rings. The Morgan fingerprint density at radius 3 is 2.61 bits per heavy atom. The van der Waals surface area contributed by atoms with E-state index >= 15 is 0 Å². The molecule has 1 saturated heterocycles. The number of allylic oxidation sites excluding steroid dienone is 3. The molecule has 1 aliphatic carbocycles. The van der Waals surface area contributed by atoms with Crippen LogP contribution in [0.4, 0.5) is 13.2 Å². The zero-order valence-corrected chi connectivity index (χ0v) is 19.2. The highest BCUT2D eigenvalue weighted by atomic mass is 35.5. The number of nitrogens with zero attached hydrogens (tertiary/aromatic N) is 2. The average molecular weight is 472 g/mol. The fourth-order valence-corrected chi connectivity index (χ4v) is 5.28. The summed E-state index contributed by atoms with van der Waals surface area (Å²) in [5.41, 5.74) is 3.20. The Morgan fingerprint density at radius 2 is 1.88 bits per heavy atom. The number of imidazole rings is 1. The van der Waals surface area contributed by atoms with Crippen LogP contribution in [0.3, 0.4) is 0 Å². The molecule has 1 fully saturated rings. The summed E-state index contributed by atoms with van der Waals surface area (Å²) in [7, 11) is 0. The summed E-state index contributed by atoms with van der Waals surface area (Å²) in [5.74, 6) is 0.735. The van der Waals surface area contributed by atoms with Gasteiger partial charge in [0.2, 0.25) is 0 Å². The summed E-state index contributed by atoms with van der Waals surface area (Å²) in [6.45, 7) is 4.53. The predicted octanol–water partition coefficient (Wildman–Crippen LogP) is 7.47. The smallest absolute Gasteiger partial charge is 0.361 e. The van der Waals surface area contributed by atoms with E-state index in [0.29, 0.717) is 23.8 Å². The second-order valence-corrected chi connectivity index (χ2v) is 9.42. The van der Waals surface area contributed by atoms with Crippen LogP contribution in [0, 0.1) is 12.8 Å². The van der Waals surface area contributed by atoms with Crippen LogP contribution in [0.2, 0.25) is 5.02 Å². The molecule has 0 amide bonds. The molecule has 5 rings (SSSR count). The molecule has 2 aromatic carbocycles. The van der Waals surface area contributed by atoms with Crippen molar-refractivity contribution in [1.29, 1.82) is 0 Å². The largest absolute Gasteiger partial charge is 0.418 e. The van der Waals surface area contributed by atoms with E-state index in [9.17, 15) is 13.2 Å². The van der Waals surface area contributed by atoms with Gasteiger partial charge in [0.1, 0.15) is 5.82 Å². The molecule has 1 aromatic heterocycles. The van der Waals surface area contributed by atoms with E-state index in [-0.39, 0.29) is 23.6 Å². The number of hydrogen-bond acceptors (Lipinski definition) is 2. The van der Waals surface area contributed by atoms with E-state index in [1.165, 1.54) is 6.08 Å². The molecule has 0 saturated carbocycles. The van der Waals surface area contributed by atoms with Crippen molar-refractivity contribution in [2.75, 3.05) is 6.54 Å². The van der Waals surface area contributed by atoms with Crippen molar-refractivity contribution in [2.24, 2.45) is 5.92 Å². The van der Waals surface area contributed by atoms with Crippen molar-refractivity contribution < 1.29 is 13.2 Å². The van der Waals surface area contributed by atoms with Gasteiger partial charge in [-0.1, -0.05) is 61.0 Å². The zero-order valence-electron chi connectivity index (χ0n) is 18.5. The van der Waals surface area contributed by atoms with Gasteiger partial charge in [0, 0.05) is 23.2 Å². The van der Waals surface area contributed by atoms with E-state index in [1.54, 1.807) is 6.08 Å². The van der Waals surface area contributed by atoms with Gasteiger partial charge in [-0.2, -0.15) is 13.2 Å². The van der Waals surface area contributed by atoms with Gasteiger partial charge < -0.3 is 9.88 Å². The van der Waals surface area contributed by atoms with Crippen molar-refractivity contribution in [1.82, 2.24) is 14.9 Å². The Kier molecular flexibility index (Phi) is 5.52. The van der Waals surface area contributed by atoms with E-state index in [4.69, 9.17) is 16.6 Å². The highest BCUT2D eigenvalue weighted by molar-refractivity contribution is 6.32. The minimum Gasteiger partial charge on any atom is -0.361 e. The Hall–Kier alpha value is -2.73. The lowest BCUT2D eigenvalue weighted by Crippen LogP contribution is -2.32. The number of likely N-dealkylation sites (tertiary alicyclic amines) is 1. The van der Waals surface area contributed by atoms with Crippen molar-refractivity contribution in [3.63, 3.8) is 0 Å². The summed E-state index contributed by atoms with van der Waals surface area (Å²) >= 11 is 6.27. The Bertz CT molecular complexity index is 1240. The fraction of sp³-hybridized carbons (Fsp3) is 0.346. The molecule has 1 aliphatic heterocycles. The van der Waals surface area contributed by atoms with E-state index in [2.05, 4.69) is 11.9 Å². The summed E-state index contributed by atoms with van der Waals surface area (Å²) < 4.78 is 42.3. The van der Waals surface area contributed by atoms with Crippen LogP contribution in [0.25, 0.3) is 11.0 Å². The van der Waals surface area contributed by atoms with E-state index < -0.39 is 11.7 Å². The molecule has 0 bridgehead atoms. The molecule has 2 aliphatic rings. The minimum atomic E-state index is -4.41. The molecule has 7 heteroatoms.